The average molecular weight is 306 g/mol. The summed E-state index contributed by atoms with van der Waals surface area (Å²) in [7, 11) is 5.63. The minimum Gasteiger partial charge on any atom is -0.345 e. The topological polar surface area (TPSA) is 58.3 Å². The van der Waals surface area contributed by atoms with Crippen molar-refractivity contribution in [2.45, 2.75) is 0 Å². The predicted molar refractivity (Wildman–Crippen MR) is 85.3 cm³/mol. The van der Waals surface area contributed by atoms with Crippen LogP contribution < -0.4 is 15.1 Å². The van der Waals surface area contributed by atoms with Gasteiger partial charge in [0, 0.05) is 25.3 Å². The molecule has 2 rings (SSSR count). The molecule has 0 aliphatic carbocycles. The Kier molecular flexibility index (Phi) is 5.51. The van der Waals surface area contributed by atoms with Crippen molar-refractivity contribution in [3.05, 3.63) is 29.8 Å². The van der Waals surface area contributed by atoms with Crippen molar-refractivity contribution in [3.63, 3.8) is 0 Å². The van der Waals surface area contributed by atoms with Crippen molar-refractivity contribution in [2.24, 2.45) is 0 Å². The van der Waals surface area contributed by atoms with E-state index in [0.29, 0.717) is 12.1 Å². The third kappa shape index (κ3) is 4.54. The molecule has 120 valence electrons. The molecule has 1 aliphatic heterocycles. The molecule has 6 nitrogen and oxygen atoms in total. The molecule has 1 aliphatic rings. The fraction of sp³-hybridized carbons (Fsp3) is 0.500. The zero-order chi connectivity index (χ0) is 16.1. The zero-order valence-corrected chi connectivity index (χ0v) is 13.6. The quantitative estimate of drug-likeness (QED) is 0.588. The lowest BCUT2D eigenvalue weighted by Crippen LogP contribution is -3.27. The number of likely N-dealkylation sites (N-methyl/N-ethyl adjacent to an activating group) is 1. The Hall–Kier alpha value is -1.92. The van der Waals surface area contributed by atoms with Crippen LogP contribution in [0.15, 0.2) is 24.3 Å². The van der Waals surface area contributed by atoms with E-state index in [1.54, 1.807) is 38.4 Å². The number of hydrogen-bond donors (Lipinski definition) is 3. The molecule has 22 heavy (non-hydrogen) atoms. The van der Waals surface area contributed by atoms with E-state index in [2.05, 4.69) is 12.4 Å². The summed E-state index contributed by atoms with van der Waals surface area (Å²) in [6.45, 7) is 4.81. The Morgan fingerprint density at radius 2 is 1.68 bits per heavy atom. The lowest BCUT2D eigenvalue weighted by Gasteiger charge is -2.26. The van der Waals surface area contributed by atoms with Gasteiger partial charge in [0.1, 0.15) is 26.2 Å². The summed E-state index contributed by atoms with van der Waals surface area (Å²) in [5.74, 6) is -0.0107. The van der Waals surface area contributed by atoms with Gasteiger partial charge in [-0.05, 0) is 24.3 Å². The van der Waals surface area contributed by atoms with Gasteiger partial charge in [-0.25, -0.2) is 0 Å². The third-order valence-corrected chi connectivity index (χ3v) is 4.04. The van der Waals surface area contributed by atoms with Crippen LogP contribution in [0.25, 0.3) is 0 Å². The summed E-state index contributed by atoms with van der Waals surface area (Å²) in [5.41, 5.74) is 1.36. The molecule has 0 bridgehead atoms. The van der Waals surface area contributed by atoms with Crippen LogP contribution in [0, 0.1) is 0 Å². The first-order valence-corrected chi connectivity index (χ1v) is 7.72. The van der Waals surface area contributed by atoms with Gasteiger partial charge in [0.15, 0.2) is 6.54 Å². The Morgan fingerprint density at radius 3 is 2.23 bits per heavy atom. The first kappa shape index (κ1) is 16.5. The first-order valence-electron chi connectivity index (χ1n) is 7.72. The summed E-state index contributed by atoms with van der Waals surface area (Å²) in [6.07, 6.45) is 0. The standard InChI is InChI=1S/C16H24N4O2/c1-18(2)16(22)13-4-6-14(7-5-13)17-15(21)12-20-10-8-19(3)9-11-20/h4-7H,8-12H2,1-3H3,(H,17,21)/p+2. The number of hydrogen-bond acceptors (Lipinski definition) is 2. The molecule has 1 fully saturated rings. The van der Waals surface area contributed by atoms with E-state index in [4.69, 9.17) is 0 Å². The zero-order valence-electron chi connectivity index (χ0n) is 13.6. The molecule has 0 spiro atoms. The average Bonchev–Trinajstić information content (AvgIpc) is 2.49. The molecular weight excluding hydrogens is 280 g/mol. The van der Waals surface area contributed by atoms with E-state index in [9.17, 15) is 9.59 Å². The molecule has 0 aromatic heterocycles. The van der Waals surface area contributed by atoms with Gasteiger partial charge in [-0.15, -0.1) is 0 Å². The van der Waals surface area contributed by atoms with Crippen molar-refractivity contribution in [1.82, 2.24) is 4.90 Å². The Labute approximate surface area is 131 Å². The number of quaternary nitrogens is 2. The van der Waals surface area contributed by atoms with Gasteiger partial charge in [-0.3, -0.25) is 9.59 Å². The predicted octanol–water partition coefficient (Wildman–Crippen LogP) is -2.26. The normalized spacial score (nSPS) is 21.2. The van der Waals surface area contributed by atoms with Crippen LogP contribution in [-0.2, 0) is 4.79 Å². The number of piperazine rings is 1. The monoisotopic (exact) mass is 306 g/mol. The van der Waals surface area contributed by atoms with Crippen LogP contribution in [0.4, 0.5) is 5.69 Å². The van der Waals surface area contributed by atoms with Crippen LogP contribution in [-0.4, -0.2) is 70.6 Å². The second-order valence-corrected chi connectivity index (χ2v) is 6.21. The fourth-order valence-electron chi connectivity index (χ4n) is 2.59. The smallest absolute Gasteiger partial charge is 0.279 e. The van der Waals surface area contributed by atoms with E-state index in [1.807, 2.05) is 0 Å². The summed E-state index contributed by atoms with van der Waals surface area (Å²) in [5, 5.41) is 2.90. The highest BCUT2D eigenvalue weighted by atomic mass is 16.2. The van der Waals surface area contributed by atoms with E-state index in [1.165, 1.54) is 14.7 Å². The van der Waals surface area contributed by atoms with Gasteiger partial charge in [0.25, 0.3) is 11.8 Å². The van der Waals surface area contributed by atoms with E-state index in [0.717, 1.165) is 31.9 Å². The highest BCUT2D eigenvalue weighted by Gasteiger charge is 2.22. The molecule has 1 saturated heterocycles. The first-order chi connectivity index (χ1) is 10.5. The fourth-order valence-corrected chi connectivity index (χ4v) is 2.59. The summed E-state index contributed by atoms with van der Waals surface area (Å²) >= 11 is 0. The number of rotatable bonds is 4. The van der Waals surface area contributed by atoms with E-state index < -0.39 is 0 Å². The van der Waals surface area contributed by atoms with Gasteiger partial charge >= 0.3 is 0 Å². The maximum Gasteiger partial charge on any atom is 0.279 e. The Balaban J connectivity index is 1.85. The number of benzene rings is 1. The van der Waals surface area contributed by atoms with Crippen molar-refractivity contribution < 1.29 is 19.4 Å². The van der Waals surface area contributed by atoms with E-state index in [-0.39, 0.29) is 11.8 Å². The number of nitrogens with one attached hydrogen (secondary N) is 3. The maximum absolute atomic E-state index is 12.1. The number of carbonyl (C=O) groups is 2. The van der Waals surface area contributed by atoms with Crippen LogP contribution in [0.5, 0.6) is 0 Å². The maximum atomic E-state index is 12.1. The highest BCUT2D eigenvalue weighted by Crippen LogP contribution is 2.10. The SMILES string of the molecule is CN(C)C(=O)c1ccc(NC(=O)C[NH+]2CC[NH+](C)CC2)cc1. The molecule has 0 unspecified atom stereocenters. The summed E-state index contributed by atoms with van der Waals surface area (Å²) in [4.78, 5) is 28.3. The minimum atomic E-state index is -0.0396. The van der Waals surface area contributed by atoms with Gasteiger partial charge in [0.05, 0.1) is 7.05 Å². The Morgan fingerprint density at radius 1 is 1.09 bits per heavy atom. The number of amides is 2. The Bertz CT molecular complexity index is 519. The molecule has 0 radical (unpaired) electrons. The highest BCUT2D eigenvalue weighted by molar-refractivity contribution is 5.95. The van der Waals surface area contributed by atoms with Crippen LogP contribution in [0.3, 0.4) is 0 Å². The molecule has 0 saturated carbocycles. The molecule has 1 aromatic rings. The number of anilines is 1. The molecule has 1 heterocycles. The molecule has 2 amide bonds. The van der Waals surface area contributed by atoms with Crippen molar-refractivity contribution >= 4 is 17.5 Å². The lowest BCUT2D eigenvalue weighted by atomic mass is 10.2. The molecular formula is C16H26N4O2+2. The van der Waals surface area contributed by atoms with Crippen molar-refractivity contribution in [3.8, 4) is 0 Å². The van der Waals surface area contributed by atoms with Crippen molar-refractivity contribution in [2.75, 3.05) is 59.2 Å². The molecule has 3 N–H and O–H groups in total. The van der Waals surface area contributed by atoms with E-state index >= 15 is 0 Å². The largest absolute Gasteiger partial charge is 0.345 e. The van der Waals surface area contributed by atoms with Gasteiger partial charge in [-0.2, -0.15) is 0 Å². The molecule has 0 atom stereocenters. The third-order valence-electron chi connectivity index (χ3n) is 4.04. The molecule has 6 heteroatoms. The number of carbonyl (C=O) groups excluding carboxylic acids is 2. The van der Waals surface area contributed by atoms with Crippen LogP contribution >= 0.6 is 0 Å². The van der Waals surface area contributed by atoms with Gasteiger partial charge in [0.2, 0.25) is 0 Å². The minimum absolute atomic E-state index is 0.0289. The number of nitrogens with zero attached hydrogens (tertiary/aromatic N) is 1. The second kappa shape index (κ2) is 7.38. The van der Waals surface area contributed by atoms with Gasteiger partial charge < -0.3 is 20.0 Å². The second-order valence-electron chi connectivity index (χ2n) is 6.21. The van der Waals surface area contributed by atoms with Crippen LogP contribution in [0.1, 0.15) is 10.4 Å². The summed E-state index contributed by atoms with van der Waals surface area (Å²) in [6, 6.07) is 7.03. The molecule has 1 aromatic carbocycles. The van der Waals surface area contributed by atoms with Crippen molar-refractivity contribution in [1.29, 1.82) is 0 Å². The van der Waals surface area contributed by atoms with Crippen LogP contribution in [0.2, 0.25) is 0 Å². The lowest BCUT2D eigenvalue weighted by molar-refractivity contribution is -0.999. The van der Waals surface area contributed by atoms with Gasteiger partial charge in [-0.1, -0.05) is 0 Å². The summed E-state index contributed by atoms with van der Waals surface area (Å²) < 4.78 is 0.